The van der Waals surface area contributed by atoms with E-state index < -0.39 is 21.6 Å². The number of anilines is 1. The molecule has 0 aromatic heterocycles. The molecule has 0 fully saturated rings. The Hall–Kier alpha value is -1.96. The summed E-state index contributed by atoms with van der Waals surface area (Å²) in [5.41, 5.74) is 5.29. The van der Waals surface area contributed by atoms with Crippen molar-refractivity contribution in [1.82, 2.24) is 5.32 Å². The number of nitrogens with zero attached hydrogens (tertiary/aromatic N) is 1. The van der Waals surface area contributed by atoms with Gasteiger partial charge < -0.3 is 11.1 Å². The quantitative estimate of drug-likeness (QED) is 0.469. The zero-order chi connectivity index (χ0) is 14.6. The number of rotatable bonds is 5. The first-order chi connectivity index (χ1) is 8.81. The monoisotopic (exact) mass is 285 g/mol. The molecule has 1 rings (SSSR count). The highest BCUT2D eigenvalue weighted by Gasteiger charge is 2.17. The molecule has 1 amide bonds. The SMILES string of the molecule is CC(CS(C)=O)NC(=O)c1ccc(N)c([N+](=O)[O-])c1. The number of nitrogen functional groups attached to an aromatic ring is 1. The Kier molecular flexibility index (Phi) is 4.99. The Balaban J connectivity index is 2.86. The second kappa shape index (κ2) is 6.28. The van der Waals surface area contributed by atoms with Crippen LogP contribution in [0, 0.1) is 10.1 Å². The number of nitrogens with one attached hydrogen (secondary N) is 1. The molecule has 1 aromatic rings. The van der Waals surface area contributed by atoms with Crippen LogP contribution < -0.4 is 11.1 Å². The van der Waals surface area contributed by atoms with E-state index >= 15 is 0 Å². The van der Waals surface area contributed by atoms with E-state index in [0.717, 1.165) is 6.07 Å². The van der Waals surface area contributed by atoms with E-state index in [1.807, 2.05) is 0 Å². The highest BCUT2D eigenvalue weighted by Crippen LogP contribution is 2.22. The molecular weight excluding hydrogens is 270 g/mol. The Morgan fingerprint density at radius 1 is 1.58 bits per heavy atom. The Morgan fingerprint density at radius 2 is 2.21 bits per heavy atom. The van der Waals surface area contributed by atoms with Crippen LogP contribution in [0.5, 0.6) is 0 Å². The number of hydrogen-bond donors (Lipinski definition) is 2. The van der Waals surface area contributed by atoms with E-state index in [2.05, 4.69) is 5.32 Å². The van der Waals surface area contributed by atoms with Crippen LogP contribution in [0.1, 0.15) is 17.3 Å². The van der Waals surface area contributed by atoms with E-state index in [1.165, 1.54) is 18.4 Å². The summed E-state index contributed by atoms with van der Waals surface area (Å²) in [5, 5.41) is 13.3. The van der Waals surface area contributed by atoms with Crippen LogP contribution in [0.2, 0.25) is 0 Å². The summed E-state index contributed by atoms with van der Waals surface area (Å²) in [6.45, 7) is 1.71. The standard InChI is InChI=1S/C11H15N3O4S/c1-7(6-19(2)18)13-11(15)8-3-4-9(12)10(5-8)14(16)17/h3-5,7H,6,12H2,1-2H3,(H,13,15). The molecule has 0 bridgehead atoms. The maximum Gasteiger partial charge on any atom is 0.292 e. The lowest BCUT2D eigenvalue weighted by molar-refractivity contribution is -0.383. The number of hydrogen-bond acceptors (Lipinski definition) is 5. The van der Waals surface area contributed by atoms with Crippen LogP contribution in [0.3, 0.4) is 0 Å². The average molecular weight is 285 g/mol. The molecule has 0 aliphatic heterocycles. The lowest BCUT2D eigenvalue weighted by Crippen LogP contribution is -2.36. The minimum atomic E-state index is -1.03. The van der Waals surface area contributed by atoms with Gasteiger partial charge in [-0.1, -0.05) is 0 Å². The third-order valence-corrected chi connectivity index (χ3v) is 3.32. The van der Waals surface area contributed by atoms with Gasteiger partial charge in [-0.25, -0.2) is 0 Å². The van der Waals surface area contributed by atoms with Crippen molar-refractivity contribution in [3.8, 4) is 0 Å². The minimum absolute atomic E-state index is 0.00394. The predicted molar refractivity (Wildman–Crippen MR) is 73.4 cm³/mol. The highest BCUT2D eigenvalue weighted by molar-refractivity contribution is 7.84. The van der Waals surface area contributed by atoms with Gasteiger partial charge in [-0.05, 0) is 19.1 Å². The van der Waals surface area contributed by atoms with Crippen molar-refractivity contribution in [2.75, 3.05) is 17.7 Å². The van der Waals surface area contributed by atoms with Gasteiger partial charge in [0.15, 0.2) is 0 Å². The van der Waals surface area contributed by atoms with E-state index in [1.54, 1.807) is 6.92 Å². The van der Waals surface area contributed by atoms with Crippen LogP contribution in [0.4, 0.5) is 11.4 Å². The Labute approximate surface area is 112 Å². The molecule has 7 nitrogen and oxygen atoms in total. The lowest BCUT2D eigenvalue weighted by atomic mass is 10.1. The topological polar surface area (TPSA) is 115 Å². The third-order valence-electron chi connectivity index (χ3n) is 2.35. The van der Waals surface area contributed by atoms with Gasteiger partial charge >= 0.3 is 0 Å². The first-order valence-corrected chi connectivity index (χ1v) is 7.18. The molecule has 2 unspecified atom stereocenters. The van der Waals surface area contributed by atoms with Crippen molar-refractivity contribution < 1.29 is 13.9 Å². The molecular formula is C11H15N3O4S. The van der Waals surface area contributed by atoms with E-state index in [9.17, 15) is 19.1 Å². The summed E-state index contributed by atoms with van der Waals surface area (Å²) in [6.07, 6.45) is 1.54. The van der Waals surface area contributed by atoms with Crippen LogP contribution in [-0.4, -0.2) is 33.1 Å². The predicted octanol–water partition coefficient (Wildman–Crippen LogP) is 0.674. The number of carbonyl (C=O) groups is 1. The van der Waals surface area contributed by atoms with Crippen LogP contribution in [0.25, 0.3) is 0 Å². The Bertz CT molecular complexity index is 533. The number of amides is 1. The summed E-state index contributed by atoms with van der Waals surface area (Å²) in [7, 11) is -1.03. The number of benzene rings is 1. The van der Waals surface area contributed by atoms with Gasteiger partial charge in [0.1, 0.15) is 5.69 Å². The largest absolute Gasteiger partial charge is 0.393 e. The molecule has 0 heterocycles. The summed E-state index contributed by atoms with van der Waals surface area (Å²) < 4.78 is 11.0. The highest BCUT2D eigenvalue weighted by atomic mass is 32.2. The number of nitro benzene ring substituents is 1. The fraction of sp³-hybridized carbons (Fsp3) is 0.364. The van der Waals surface area contributed by atoms with Gasteiger partial charge in [-0.3, -0.25) is 19.1 Å². The molecule has 0 saturated carbocycles. The fourth-order valence-electron chi connectivity index (χ4n) is 1.54. The Morgan fingerprint density at radius 3 is 2.74 bits per heavy atom. The van der Waals surface area contributed by atoms with E-state index in [-0.39, 0.29) is 23.0 Å². The molecule has 2 atom stereocenters. The molecule has 8 heteroatoms. The van der Waals surface area contributed by atoms with Gasteiger partial charge in [0.2, 0.25) is 0 Å². The number of nitrogens with two attached hydrogens (primary N) is 1. The first kappa shape index (κ1) is 15.1. The molecule has 1 aromatic carbocycles. The molecule has 104 valence electrons. The van der Waals surface area contributed by atoms with Gasteiger partial charge in [0, 0.05) is 40.5 Å². The summed E-state index contributed by atoms with van der Waals surface area (Å²) in [6, 6.07) is 3.57. The van der Waals surface area contributed by atoms with Crippen molar-refractivity contribution in [3.05, 3.63) is 33.9 Å². The van der Waals surface area contributed by atoms with Gasteiger partial charge in [-0.2, -0.15) is 0 Å². The van der Waals surface area contributed by atoms with Crippen molar-refractivity contribution >= 4 is 28.1 Å². The average Bonchev–Trinajstić information content (AvgIpc) is 2.27. The smallest absolute Gasteiger partial charge is 0.292 e. The lowest BCUT2D eigenvalue weighted by Gasteiger charge is -2.12. The summed E-state index contributed by atoms with van der Waals surface area (Å²) in [4.78, 5) is 21.9. The van der Waals surface area contributed by atoms with Crippen LogP contribution in [0.15, 0.2) is 18.2 Å². The second-order valence-electron chi connectivity index (χ2n) is 4.15. The maximum absolute atomic E-state index is 11.8. The zero-order valence-electron chi connectivity index (χ0n) is 10.6. The van der Waals surface area contributed by atoms with Crippen molar-refractivity contribution in [2.24, 2.45) is 0 Å². The van der Waals surface area contributed by atoms with Crippen molar-refractivity contribution in [1.29, 1.82) is 0 Å². The summed E-state index contributed by atoms with van der Waals surface area (Å²) in [5.74, 6) is -0.135. The molecule has 0 saturated heterocycles. The normalized spacial score (nSPS) is 13.6. The minimum Gasteiger partial charge on any atom is -0.393 e. The van der Waals surface area contributed by atoms with Crippen molar-refractivity contribution in [2.45, 2.75) is 13.0 Å². The van der Waals surface area contributed by atoms with Crippen LogP contribution >= 0.6 is 0 Å². The van der Waals surface area contributed by atoms with Crippen LogP contribution in [-0.2, 0) is 10.8 Å². The molecule has 0 aliphatic rings. The van der Waals surface area contributed by atoms with Crippen molar-refractivity contribution in [3.63, 3.8) is 0 Å². The zero-order valence-corrected chi connectivity index (χ0v) is 11.4. The number of nitro groups is 1. The van der Waals surface area contributed by atoms with Gasteiger partial charge in [0.25, 0.3) is 11.6 Å². The summed E-state index contributed by atoms with van der Waals surface area (Å²) >= 11 is 0. The fourth-order valence-corrected chi connectivity index (χ4v) is 2.33. The third kappa shape index (κ3) is 4.32. The molecule has 19 heavy (non-hydrogen) atoms. The second-order valence-corrected chi connectivity index (χ2v) is 5.62. The van der Waals surface area contributed by atoms with Gasteiger partial charge in [-0.15, -0.1) is 0 Å². The molecule has 0 spiro atoms. The molecule has 3 N–H and O–H groups in total. The van der Waals surface area contributed by atoms with E-state index in [4.69, 9.17) is 5.73 Å². The maximum atomic E-state index is 11.8. The van der Waals surface area contributed by atoms with E-state index in [0.29, 0.717) is 5.75 Å². The first-order valence-electron chi connectivity index (χ1n) is 5.46. The molecule has 0 radical (unpaired) electrons. The number of carbonyl (C=O) groups excluding carboxylic acids is 1. The molecule has 0 aliphatic carbocycles. The van der Waals surface area contributed by atoms with Gasteiger partial charge in [0.05, 0.1) is 4.92 Å².